The maximum atomic E-state index is 13.4. The summed E-state index contributed by atoms with van der Waals surface area (Å²) in [5, 5.41) is 1.38. The molecule has 1 fully saturated rings. The van der Waals surface area contributed by atoms with Crippen molar-refractivity contribution >= 4 is 40.2 Å². The van der Waals surface area contributed by atoms with E-state index in [0.717, 1.165) is 22.3 Å². The summed E-state index contributed by atoms with van der Waals surface area (Å²) in [6, 6.07) is 15.2. The predicted octanol–water partition coefficient (Wildman–Crippen LogP) is 5.48. The number of carbonyl (C=O) groups excluding carboxylic acids is 2. The van der Waals surface area contributed by atoms with E-state index in [1.165, 1.54) is 0 Å². The topological polar surface area (TPSA) is 66.0 Å². The van der Waals surface area contributed by atoms with E-state index in [-0.39, 0.29) is 18.0 Å². The summed E-state index contributed by atoms with van der Waals surface area (Å²) in [5.41, 5.74) is 4.00. The molecule has 0 bridgehead atoms. The molecule has 1 aliphatic heterocycles. The zero-order valence-electron chi connectivity index (χ0n) is 20.9. The van der Waals surface area contributed by atoms with Gasteiger partial charge in [-0.2, -0.15) is 0 Å². The molecular weight excluding hydrogens is 476 g/mol. The van der Waals surface area contributed by atoms with E-state index in [1.54, 1.807) is 28.0 Å². The number of amides is 2. The van der Waals surface area contributed by atoms with Crippen molar-refractivity contribution in [3.05, 3.63) is 71.8 Å². The SMILES string of the molecule is C=CCCOC(=O)N1CCN(C(=O)c2ccc3c(Cl)cc(-c4ccc(N(C)C)cc4)nc3c2)C(C)C1. The number of carbonyl (C=O) groups is 2. The van der Waals surface area contributed by atoms with Crippen molar-refractivity contribution in [2.24, 2.45) is 0 Å². The number of nitrogens with zero attached hydrogens (tertiary/aromatic N) is 4. The molecule has 8 heteroatoms. The number of pyridine rings is 1. The lowest BCUT2D eigenvalue weighted by Gasteiger charge is -2.39. The summed E-state index contributed by atoms with van der Waals surface area (Å²) in [6.07, 6.45) is 1.97. The molecule has 3 aromatic rings. The predicted molar refractivity (Wildman–Crippen MR) is 145 cm³/mol. The van der Waals surface area contributed by atoms with E-state index < -0.39 is 0 Å². The lowest BCUT2D eigenvalue weighted by Crippen LogP contribution is -2.55. The van der Waals surface area contributed by atoms with Crippen LogP contribution < -0.4 is 4.90 Å². The van der Waals surface area contributed by atoms with Crippen LogP contribution in [0.3, 0.4) is 0 Å². The number of halogens is 1. The molecule has 1 unspecified atom stereocenters. The van der Waals surface area contributed by atoms with Gasteiger partial charge in [0.1, 0.15) is 0 Å². The molecule has 0 spiro atoms. The van der Waals surface area contributed by atoms with E-state index in [4.69, 9.17) is 21.3 Å². The normalized spacial score (nSPS) is 15.6. The number of benzene rings is 2. The maximum absolute atomic E-state index is 13.4. The van der Waals surface area contributed by atoms with Crippen molar-refractivity contribution in [1.29, 1.82) is 0 Å². The van der Waals surface area contributed by atoms with Gasteiger partial charge in [0.15, 0.2) is 0 Å². The Morgan fingerprint density at radius 1 is 1.17 bits per heavy atom. The van der Waals surface area contributed by atoms with Crippen LogP contribution in [0.1, 0.15) is 23.7 Å². The molecule has 1 aromatic heterocycles. The fourth-order valence-corrected chi connectivity index (χ4v) is 4.57. The smallest absolute Gasteiger partial charge is 0.409 e. The Balaban J connectivity index is 1.53. The summed E-state index contributed by atoms with van der Waals surface area (Å²) < 4.78 is 5.26. The average molecular weight is 507 g/mol. The van der Waals surface area contributed by atoms with Crippen LogP contribution in [0.2, 0.25) is 5.02 Å². The molecule has 4 rings (SSSR count). The molecule has 0 aliphatic carbocycles. The molecule has 0 N–H and O–H groups in total. The van der Waals surface area contributed by atoms with E-state index in [0.29, 0.717) is 48.8 Å². The zero-order chi connectivity index (χ0) is 25.8. The number of piperazine rings is 1. The van der Waals surface area contributed by atoms with Crippen molar-refractivity contribution < 1.29 is 14.3 Å². The Morgan fingerprint density at radius 2 is 1.92 bits per heavy atom. The minimum Gasteiger partial charge on any atom is -0.449 e. The van der Waals surface area contributed by atoms with Gasteiger partial charge >= 0.3 is 6.09 Å². The van der Waals surface area contributed by atoms with Gasteiger partial charge in [-0.25, -0.2) is 9.78 Å². The summed E-state index contributed by atoms with van der Waals surface area (Å²) in [6.45, 7) is 7.15. The Hall–Kier alpha value is -3.58. The molecule has 2 aromatic carbocycles. The highest BCUT2D eigenvalue weighted by Crippen LogP contribution is 2.30. The fourth-order valence-electron chi connectivity index (χ4n) is 4.31. The summed E-state index contributed by atoms with van der Waals surface area (Å²) in [4.78, 5) is 36.0. The highest BCUT2D eigenvalue weighted by atomic mass is 35.5. The van der Waals surface area contributed by atoms with Gasteiger partial charge in [0.2, 0.25) is 0 Å². The lowest BCUT2D eigenvalue weighted by atomic mass is 10.1. The molecule has 1 aliphatic rings. The van der Waals surface area contributed by atoms with Crippen molar-refractivity contribution in [3.63, 3.8) is 0 Å². The monoisotopic (exact) mass is 506 g/mol. The van der Waals surface area contributed by atoms with Gasteiger partial charge in [-0.3, -0.25) is 4.79 Å². The minimum atomic E-state index is -0.355. The van der Waals surface area contributed by atoms with Crippen LogP contribution in [0, 0.1) is 0 Å². The van der Waals surface area contributed by atoms with Crippen LogP contribution >= 0.6 is 11.6 Å². The average Bonchev–Trinajstić information content (AvgIpc) is 2.88. The van der Waals surface area contributed by atoms with Crippen molar-refractivity contribution in [2.45, 2.75) is 19.4 Å². The minimum absolute atomic E-state index is 0.0947. The van der Waals surface area contributed by atoms with Gasteiger partial charge in [-0.05, 0) is 43.7 Å². The summed E-state index contributed by atoms with van der Waals surface area (Å²) >= 11 is 6.59. The molecule has 2 amide bonds. The van der Waals surface area contributed by atoms with Crippen LogP contribution in [0.5, 0.6) is 0 Å². The molecule has 2 heterocycles. The van der Waals surface area contributed by atoms with Gasteiger partial charge in [-0.15, -0.1) is 6.58 Å². The second kappa shape index (κ2) is 11.0. The number of hydrogen-bond donors (Lipinski definition) is 0. The highest BCUT2D eigenvalue weighted by molar-refractivity contribution is 6.35. The highest BCUT2D eigenvalue weighted by Gasteiger charge is 2.31. The molecule has 188 valence electrons. The molecule has 1 saturated heterocycles. The van der Waals surface area contributed by atoms with Crippen LogP contribution in [-0.4, -0.2) is 73.2 Å². The van der Waals surface area contributed by atoms with Gasteiger partial charge in [-0.1, -0.05) is 35.9 Å². The molecule has 1 atom stereocenters. The van der Waals surface area contributed by atoms with Gasteiger partial charge in [0, 0.05) is 62.0 Å². The third-order valence-corrected chi connectivity index (χ3v) is 6.69. The van der Waals surface area contributed by atoms with Crippen LogP contribution in [0.15, 0.2) is 61.2 Å². The van der Waals surface area contributed by atoms with Gasteiger partial charge in [0.05, 0.1) is 22.8 Å². The van der Waals surface area contributed by atoms with Gasteiger partial charge < -0.3 is 19.4 Å². The fraction of sp³-hybridized carbons (Fsp3) is 0.321. The first-order valence-electron chi connectivity index (χ1n) is 12.0. The first-order chi connectivity index (χ1) is 17.3. The van der Waals surface area contributed by atoms with Crippen molar-refractivity contribution in [2.75, 3.05) is 45.2 Å². The van der Waals surface area contributed by atoms with Crippen molar-refractivity contribution in [3.8, 4) is 11.3 Å². The standard InChI is InChI=1S/C28H31ClN4O3/c1-5-6-15-36-28(35)32-13-14-33(19(2)18-32)27(34)21-9-12-23-24(29)17-25(30-26(23)16-21)20-7-10-22(11-8-20)31(3)4/h5,7-12,16-17,19H,1,6,13-15,18H2,2-4H3. The first-order valence-corrected chi connectivity index (χ1v) is 12.4. The number of ether oxygens (including phenoxy) is 1. The molecule has 0 radical (unpaired) electrons. The second-order valence-electron chi connectivity index (χ2n) is 9.15. The Kier molecular flexibility index (Phi) is 7.79. The van der Waals surface area contributed by atoms with E-state index in [9.17, 15) is 9.59 Å². The number of rotatable bonds is 6. The largest absolute Gasteiger partial charge is 0.449 e. The Bertz CT molecular complexity index is 1280. The molecule has 7 nitrogen and oxygen atoms in total. The number of anilines is 1. The molecular formula is C28H31ClN4O3. The van der Waals surface area contributed by atoms with E-state index >= 15 is 0 Å². The third-order valence-electron chi connectivity index (χ3n) is 6.38. The summed E-state index contributed by atoms with van der Waals surface area (Å²) in [7, 11) is 3.99. The number of aromatic nitrogens is 1. The van der Waals surface area contributed by atoms with Gasteiger partial charge in [0.25, 0.3) is 5.91 Å². The molecule has 36 heavy (non-hydrogen) atoms. The first kappa shape index (κ1) is 25.5. The van der Waals surface area contributed by atoms with Crippen LogP contribution in [0.25, 0.3) is 22.2 Å². The Labute approximate surface area is 216 Å². The third kappa shape index (κ3) is 5.46. The maximum Gasteiger partial charge on any atom is 0.409 e. The van der Waals surface area contributed by atoms with Crippen LogP contribution in [-0.2, 0) is 4.74 Å². The zero-order valence-corrected chi connectivity index (χ0v) is 21.7. The van der Waals surface area contributed by atoms with Crippen molar-refractivity contribution in [1.82, 2.24) is 14.8 Å². The second-order valence-corrected chi connectivity index (χ2v) is 9.56. The van der Waals surface area contributed by atoms with E-state index in [2.05, 4.69) is 6.58 Å². The number of hydrogen-bond acceptors (Lipinski definition) is 5. The molecule has 0 saturated carbocycles. The summed E-state index contributed by atoms with van der Waals surface area (Å²) in [5.74, 6) is -0.0947. The van der Waals surface area contributed by atoms with E-state index in [1.807, 2.05) is 62.3 Å². The van der Waals surface area contributed by atoms with Crippen LogP contribution in [0.4, 0.5) is 10.5 Å². The lowest BCUT2D eigenvalue weighted by molar-refractivity contribution is 0.0417. The quantitative estimate of drug-likeness (QED) is 0.327. The Morgan fingerprint density at radius 3 is 2.58 bits per heavy atom. The number of fused-ring (bicyclic) bond motifs is 1.